The first kappa shape index (κ1) is 18.9. The maximum absolute atomic E-state index is 8.82. The fourth-order valence-electron chi connectivity index (χ4n) is 2.21. The van der Waals surface area contributed by atoms with E-state index in [0.717, 1.165) is 19.6 Å². The van der Waals surface area contributed by atoms with Gasteiger partial charge in [-0.05, 0) is 6.42 Å². The minimum absolute atomic E-state index is 0.172. The molecule has 3 heteroatoms. The minimum atomic E-state index is 0.172. The molecule has 19 heavy (non-hydrogen) atoms. The Morgan fingerprint density at radius 2 is 1.32 bits per heavy atom. The lowest BCUT2D eigenvalue weighted by Gasteiger charge is -2.18. The second kappa shape index (κ2) is 15.9. The molecule has 0 heterocycles. The molecule has 0 aliphatic rings. The van der Waals surface area contributed by atoms with Gasteiger partial charge >= 0.3 is 0 Å². The van der Waals surface area contributed by atoms with Gasteiger partial charge in [-0.25, -0.2) is 0 Å². The first-order valence-electron chi connectivity index (χ1n) is 8.33. The van der Waals surface area contributed by atoms with Gasteiger partial charge in [0.15, 0.2) is 0 Å². The molecule has 3 nitrogen and oxygen atoms in total. The Morgan fingerprint density at radius 3 is 1.79 bits per heavy atom. The Hall–Kier alpha value is -0.120. The van der Waals surface area contributed by atoms with Gasteiger partial charge in [-0.1, -0.05) is 71.6 Å². The topological polar surface area (TPSA) is 32.7 Å². The summed E-state index contributed by atoms with van der Waals surface area (Å²) in [6.07, 6.45) is 13.5. The number of hydrogen-bond acceptors (Lipinski definition) is 3. The van der Waals surface area contributed by atoms with E-state index >= 15 is 0 Å². The molecule has 1 N–H and O–H groups in total. The zero-order valence-electron chi connectivity index (χ0n) is 13.2. The highest BCUT2D eigenvalue weighted by Crippen LogP contribution is 2.10. The fraction of sp³-hybridized carbons (Fsp3) is 1.00. The van der Waals surface area contributed by atoms with Crippen LogP contribution in [0.15, 0.2) is 0 Å². The van der Waals surface area contributed by atoms with E-state index in [9.17, 15) is 0 Å². The van der Waals surface area contributed by atoms with Crippen molar-refractivity contribution in [3.63, 3.8) is 0 Å². The van der Waals surface area contributed by atoms with Gasteiger partial charge in [0.25, 0.3) is 0 Å². The normalized spacial score (nSPS) is 11.4. The number of hydrogen-bond donors (Lipinski definition) is 1. The molecule has 0 amide bonds. The summed E-state index contributed by atoms with van der Waals surface area (Å²) in [6.45, 7) is 6.75. The molecule has 0 aliphatic carbocycles. The van der Waals surface area contributed by atoms with Crippen LogP contribution >= 0.6 is 0 Å². The summed E-state index contributed by atoms with van der Waals surface area (Å²) in [6, 6.07) is 0. The molecular weight excluding hydrogens is 238 g/mol. The SMILES string of the molecule is CCCCCCCCCCCCON(CC)CCO. The highest BCUT2D eigenvalue weighted by molar-refractivity contribution is 4.47. The fourth-order valence-corrected chi connectivity index (χ4v) is 2.21. The number of unbranched alkanes of at least 4 members (excludes halogenated alkanes) is 9. The predicted molar refractivity (Wildman–Crippen MR) is 82.1 cm³/mol. The number of rotatable bonds is 15. The molecule has 0 saturated heterocycles. The van der Waals surface area contributed by atoms with E-state index in [1.165, 1.54) is 57.8 Å². The van der Waals surface area contributed by atoms with E-state index in [2.05, 4.69) is 6.92 Å². The van der Waals surface area contributed by atoms with E-state index in [4.69, 9.17) is 9.94 Å². The summed E-state index contributed by atoms with van der Waals surface area (Å²) < 4.78 is 0. The molecular formula is C16H35NO2. The average molecular weight is 273 g/mol. The van der Waals surface area contributed by atoms with Gasteiger partial charge in [0.2, 0.25) is 0 Å². The Morgan fingerprint density at radius 1 is 0.789 bits per heavy atom. The van der Waals surface area contributed by atoms with Crippen molar-refractivity contribution in [1.29, 1.82) is 0 Å². The molecule has 0 aliphatic heterocycles. The lowest BCUT2D eigenvalue weighted by molar-refractivity contribution is -0.161. The van der Waals surface area contributed by atoms with Crippen LogP contribution in [0.2, 0.25) is 0 Å². The Labute approximate surface area is 120 Å². The smallest absolute Gasteiger partial charge is 0.0685 e. The van der Waals surface area contributed by atoms with Crippen LogP contribution in [0.3, 0.4) is 0 Å². The summed E-state index contributed by atoms with van der Waals surface area (Å²) in [5.74, 6) is 0. The Balaban J connectivity index is 3.09. The van der Waals surface area contributed by atoms with Crippen molar-refractivity contribution in [1.82, 2.24) is 5.06 Å². The third-order valence-corrected chi connectivity index (χ3v) is 3.47. The van der Waals surface area contributed by atoms with Crippen LogP contribution in [0.4, 0.5) is 0 Å². The van der Waals surface area contributed by atoms with Crippen LogP contribution in [0.5, 0.6) is 0 Å². The van der Waals surface area contributed by atoms with Gasteiger partial charge in [0.05, 0.1) is 13.2 Å². The summed E-state index contributed by atoms with van der Waals surface area (Å²) in [7, 11) is 0. The van der Waals surface area contributed by atoms with E-state index in [0.29, 0.717) is 6.54 Å². The van der Waals surface area contributed by atoms with Crippen LogP contribution in [0.25, 0.3) is 0 Å². The average Bonchev–Trinajstić information content (AvgIpc) is 2.43. The molecule has 0 bridgehead atoms. The van der Waals surface area contributed by atoms with Gasteiger partial charge < -0.3 is 5.11 Å². The molecule has 0 fully saturated rings. The van der Waals surface area contributed by atoms with Crippen LogP contribution < -0.4 is 0 Å². The van der Waals surface area contributed by atoms with Gasteiger partial charge in [-0.2, -0.15) is 5.06 Å². The zero-order valence-corrected chi connectivity index (χ0v) is 13.2. The zero-order chi connectivity index (χ0) is 14.2. The molecule has 0 rings (SSSR count). The summed E-state index contributed by atoms with van der Waals surface area (Å²) in [4.78, 5) is 5.58. The third-order valence-electron chi connectivity index (χ3n) is 3.47. The van der Waals surface area contributed by atoms with Crippen LogP contribution in [-0.4, -0.2) is 36.5 Å². The molecule has 0 unspecified atom stereocenters. The highest BCUT2D eigenvalue weighted by Gasteiger charge is 2.00. The summed E-state index contributed by atoms with van der Waals surface area (Å²) >= 11 is 0. The van der Waals surface area contributed by atoms with Gasteiger partial charge in [-0.3, -0.25) is 4.84 Å². The molecule has 0 saturated carbocycles. The Kier molecular flexibility index (Phi) is 15.8. The van der Waals surface area contributed by atoms with Gasteiger partial charge in [0, 0.05) is 13.1 Å². The molecule has 0 aromatic carbocycles. The van der Waals surface area contributed by atoms with Crippen molar-refractivity contribution >= 4 is 0 Å². The van der Waals surface area contributed by atoms with Crippen molar-refractivity contribution in [2.45, 2.75) is 78.1 Å². The lowest BCUT2D eigenvalue weighted by Crippen LogP contribution is -2.27. The first-order valence-corrected chi connectivity index (χ1v) is 8.33. The van der Waals surface area contributed by atoms with Crippen molar-refractivity contribution in [3.8, 4) is 0 Å². The minimum Gasteiger partial charge on any atom is -0.395 e. The number of likely N-dealkylation sites (N-methyl/N-ethyl adjacent to an activating group) is 1. The monoisotopic (exact) mass is 273 g/mol. The molecule has 0 atom stereocenters. The van der Waals surface area contributed by atoms with Gasteiger partial charge in [-0.15, -0.1) is 0 Å². The first-order chi connectivity index (χ1) is 9.35. The van der Waals surface area contributed by atoms with E-state index in [-0.39, 0.29) is 6.61 Å². The highest BCUT2D eigenvalue weighted by atomic mass is 16.7. The van der Waals surface area contributed by atoms with Crippen LogP contribution in [-0.2, 0) is 4.84 Å². The number of hydroxylamine groups is 2. The molecule has 116 valence electrons. The number of aliphatic hydroxyl groups excluding tert-OH is 1. The van der Waals surface area contributed by atoms with Crippen LogP contribution in [0.1, 0.15) is 78.1 Å². The maximum atomic E-state index is 8.82. The van der Waals surface area contributed by atoms with E-state index < -0.39 is 0 Å². The number of nitrogens with zero attached hydrogens (tertiary/aromatic N) is 1. The van der Waals surface area contributed by atoms with Crippen molar-refractivity contribution in [2.24, 2.45) is 0 Å². The van der Waals surface area contributed by atoms with Crippen molar-refractivity contribution in [3.05, 3.63) is 0 Å². The van der Waals surface area contributed by atoms with Crippen molar-refractivity contribution in [2.75, 3.05) is 26.3 Å². The predicted octanol–water partition coefficient (Wildman–Crippen LogP) is 4.15. The Bertz CT molecular complexity index is 165. The van der Waals surface area contributed by atoms with Gasteiger partial charge in [0.1, 0.15) is 0 Å². The molecule has 0 aromatic rings. The lowest BCUT2D eigenvalue weighted by atomic mass is 10.1. The largest absolute Gasteiger partial charge is 0.395 e. The van der Waals surface area contributed by atoms with E-state index in [1.807, 2.05) is 12.0 Å². The van der Waals surface area contributed by atoms with Crippen LogP contribution in [0, 0.1) is 0 Å². The molecule has 0 spiro atoms. The summed E-state index contributed by atoms with van der Waals surface area (Å²) in [5.41, 5.74) is 0. The number of aliphatic hydroxyl groups is 1. The van der Waals surface area contributed by atoms with Crippen molar-refractivity contribution < 1.29 is 9.94 Å². The third kappa shape index (κ3) is 14.1. The van der Waals surface area contributed by atoms with E-state index in [1.54, 1.807) is 0 Å². The standard InChI is InChI=1S/C16H35NO2/c1-3-5-6-7-8-9-10-11-12-13-16-19-17(4-2)14-15-18/h18H,3-16H2,1-2H3. The quantitative estimate of drug-likeness (QED) is 0.359. The second-order valence-corrected chi connectivity index (χ2v) is 5.26. The second-order valence-electron chi connectivity index (χ2n) is 5.26. The maximum Gasteiger partial charge on any atom is 0.0685 e. The summed E-state index contributed by atoms with van der Waals surface area (Å²) in [5, 5.41) is 10.7. The molecule has 0 aromatic heterocycles. The molecule has 0 radical (unpaired) electrons.